The van der Waals surface area contributed by atoms with Crippen LogP contribution in [0.3, 0.4) is 0 Å². The average molecular weight is 203 g/mol. The van der Waals surface area contributed by atoms with Gasteiger partial charge in [0.25, 0.3) is 0 Å². The molecule has 1 N–H and O–H groups in total. The van der Waals surface area contributed by atoms with Crippen LogP contribution in [0.25, 0.3) is 0 Å². The molecule has 0 radical (unpaired) electrons. The Morgan fingerprint density at radius 2 is 1.92 bits per heavy atom. The van der Waals surface area contributed by atoms with Crippen molar-refractivity contribution in [1.29, 1.82) is 0 Å². The molecule has 0 aromatic rings. The number of hydrogen-bond donors (Lipinski definition) is 1. The first-order valence-corrected chi connectivity index (χ1v) is 6.56. The second kappa shape index (κ2) is 7.69. The Morgan fingerprint density at radius 1 is 1.23 bits per heavy atom. The van der Waals surface area contributed by atoms with Crippen molar-refractivity contribution in [2.45, 2.75) is 40.5 Å². The monoisotopic (exact) mass is 203 g/mol. The largest absolute Gasteiger partial charge is 0.316 e. The summed E-state index contributed by atoms with van der Waals surface area (Å²) >= 11 is 2.05. The molecule has 0 aromatic heterocycles. The van der Waals surface area contributed by atoms with Crippen molar-refractivity contribution in [3.05, 3.63) is 0 Å². The van der Waals surface area contributed by atoms with Crippen LogP contribution in [-0.2, 0) is 0 Å². The summed E-state index contributed by atoms with van der Waals surface area (Å²) in [5, 5.41) is 3.42. The van der Waals surface area contributed by atoms with E-state index in [1.807, 2.05) is 0 Å². The van der Waals surface area contributed by atoms with Crippen LogP contribution in [0.4, 0.5) is 0 Å². The van der Waals surface area contributed by atoms with Gasteiger partial charge in [0.05, 0.1) is 0 Å². The van der Waals surface area contributed by atoms with Gasteiger partial charge >= 0.3 is 0 Å². The third-order valence-electron chi connectivity index (χ3n) is 2.20. The van der Waals surface area contributed by atoms with Gasteiger partial charge in [0, 0.05) is 6.54 Å². The maximum Gasteiger partial charge on any atom is 0.000241 e. The minimum absolute atomic E-state index is 0.476. The smallest absolute Gasteiger partial charge is 0.000241 e. The van der Waals surface area contributed by atoms with E-state index in [4.69, 9.17) is 0 Å². The molecule has 0 saturated carbocycles. The molecule has 0 unspecified atom stereocenters. The topological polar surface area (TPSA) is 12.0 Å². The first-order chi connectivity index (χ1) is 6.12. The van der Waals surface area contributed by atoms with Crippen LogP contribution in [0.5, 0.6) is 0 Å². The van der Waals surface area contributed by atoms with Gasteiger partial charge in [-0.05, 0) is 36.3 Å². The molecule has 1 nitrogen and oxygen atoms in total. The third kappa shape index (κ3) is 8.63. The van der Waals surface area contributed by atoms with Crippen molar-refractivity contribution in [2.75, 3.05) is 24.6 Å². The molecule has 13 heavy (non-hydrogen) atoms. The Labute approximate surface area is 88.1 Å². The van der Waals surface area contributed by atoms with Crippen molar-refractivity contribution in [2.24, 2.45) is 5.41 Å². The standard InChI is InChI=1S/C11H25NS/c1-5-12-10-11(3,4)8-7-9-13-6-2/h12H,5-10H2,1-4H3. The lowest BCUT2D eigenvalue weighted by Gasteiger charge is -2.24. The van der Waals surface area contributed by atoms with Gasteiger partial charge in [-0.25, -0.2) is 0 Å². The fraction of sp³-hybridized carbons (Fsp3) is 1.00. The summed E-state index contributed by atoms with van der Waals surface area (Å²) in [7, 11) is 0. The average Bonchev–Trinajstić information content (AvgIpc) is 2.09. The van der Waals surface area contributed by atoms with Gasteiger partial charge in [0.2, 0.25) is 0 Å². The summed E-state index contributed by atoms with van der Waals surface area (Å²) < 4.78 is 0. The van der Waals surface area contributed by atoms with Gasteiger partial charge in [-0.3, -0.25) is 0 Å². The number of hydrogen-bond acceptors (Lipinski definition) is 2. The molecule has 0 heterocycles. The van der Waals surface area contributed by atoms with E-state index in [0.29, 0.717) is 5.41 Å². The Bertz CT molecular complexity index is 113. The zero-order valence-corrected chi connectivity index (χ0v) is 10.5. The molecule has 0 fully saturated rings. The van der Waals surface area contributed by atoms with Gasteiger partial charge in [0.1, 0.15) is 0 Å². The summed E-state index contributed by atoms with van der Waals surface area (Å²) in [6.07, 6.45) is 2.70. The summed E-state index contributed by atoms with van der Waals surface area (Å²) in [6, 6.07) is 0. The van der Waals surface area contributed by atoms with Crippen molar-refractivity contribution in [3.63, 3.8) is 0 Å². The molecule has 0 saturated heterocycles. The maximum absolute atomic E-state index is 3.42. The fourth-order valence-corrected chi connectivity index (χ4v) is 1.99. The second-order valence-electron chi connectivity index (χ2n) is 4.25. The number of rotatable bonds is 8. The minimum Gasteiger partial charge on any atom is -0.316 e. The summed E-state index contributed by atoms with van der Waals surface area (Å²) in [4.78, 5) is 0. The van der Waals surface area contributed by atoms with E-state index in [9.17, 15) is 0 Å². The predicted molar refractivity (Wildman–Crippen MR) is 64.6 cm³/mol. The molecule has 0 aliphatic heterocycles. The van der Waals surface area contributed by atoms with Crippen LogP contribution < -0.4 is 5.32 Å². The predicted octanol–water partition coefficient (Wildman–Crippen LogP) is 3.16. The van der Waals surface area contributed by atoms with E-state index >= 15 is 0 Å². The van der Waals surface area contributed by atoms with Crippen LogP contribution in [-0.4, -0.2) is 24.6 Å². The van der Waals surface area contributed by atoms with Gasteiger partial charge in [0.15, 0.2) is 0 Å². The van der Waals surface area contributed by atoms with E-state index in [0.717, 1.165) is 13.1 Å². The second-order valence-corrected chi connectivity index (χ2v) is 5.64. The fourth-order valence-electron chi connectivity index (χ4n) is 1.35. The molecule has 0 amide bonds. The highest BCUT2D eigenvalue weighted by Crippen LogP contribution is 2.22. The quantitative estimate of drug-likeness (QED) is 0.608. The molecule has 0 aliphatic carbocycles. The normalized spacial score (nSPS) is 12.0. The van der Waals surface area contributed by atoms with Crippen LogP contribution in [0.15, 0.2) is 0 Å². The maximum atomic E-state index is 3.42. The lowest BCUT2D eigenvalue weighted by Crippen LogP contribution is -2.29. The van der Waals surface area contributed by atoms with E-state index < -0.39 is 0 Å². The molecular formula is C11H25NS. The van der Waals surface area contributed by atoms with Crippen LogP contribution >= 0.6 is 11.8 Å². The van der Waals surface area contributed by atoms with Crippen molar-refractivity contribution < 1.29 is 0 Å². The number of thioether (sulfide) groups is 1. The van der Waals surface area contributed by atoms with Crippen LogP contribution in [0.2, 0.25) is 0 Å². The molecule has 2 heteroatoms. The first kappa shape index (κ1) is 13.3. The van der Waals surface area contributed by atoms with Gasteiger partial charge in [-0.15, -0.1) is 0 Å². The first-order valence-electron chi connectivity index (χ1n) is 5.41. The molecule has 0 aliphatic rings. The summed E-state index contributed by atoms with van der Waals surface area (Å²) in [5.41, 5.74) is 0.476. The zero-order chi connectivity index (χ0) is 10.2. The van der Waals surface area contributed by atoms with Gasteiger partial charge in [-0.1, -0.05) is 27.7 Å². The Morgan fingerprint density at radius 3 is 2.46 bits per heavy atom. The lowest BCUT2D eigenvalue weighted by molar-refractivity contribution is 0.315. The van der Waals surface area contributed by atoms with Crippen LogP contribution in [0, 0.1) is 5.41 Å². The van der Waals surface area contributed by atoms with E-state index in [1.165, 1.54) is 24.3 Å². The highest BCUT2D eigenvalue weighted by atomic mass is 32.2. The SMILES string of the molecule is CCNCC(C)(C)CCCSCC. The molecule has 0 atom stereocenters. The molecular weight excluding hydrogens is 178 g/mol. The minimum atomic E-state index is 0.476. The molecule has 0 rings (SSSR count). The van der Waals surface area contributed by atoms with Crippen molar-refractivity contribution in [3.8, 4) is 0 Å². The molecule has 0 aromatic carbocycles. The van der Waals surface area contributed by atoms with Gasteiger partial charge < -0.3 is 5.32 Å². The molecule has 0 spiro atoms. The lowest BCUT2D eigenvalue weighted by atomic mass is 9.88. The Hall–Kier alpha value is 0.310. The van der Waals surface area contributed by atoms with E-state index in [-0.39, 0.29) is 0 Å². The highest BCUT2D eigenvalue weighted by molar-refractivity contribution is 7.99. The summed E-state index contributed by atoms with van der Waals surface area (Å²) in [5.74, 6) is 2.58. The van der Waals surface area contributed by atoms with Crippen LogP contribution in [0.1, 0.15) is 40.5 Å². The van der Waals surface area contributed by atoms with Crippen molar-refractivity contribution >= 4 is 11.8 Å². The molecule has 0 bridgehead atoms. The zero-order valence-electron chi connectivity index (χ0n) is 9.65. The summed E-state index contributed by atoms with van der Waals surface area (Å²) in [6.45, 7) is 11.4. The highest BCUT2D eigenvalue weighted by Gasteiger charge is 2.15. The van der Waals surface area contributed by atoms with E-state index in [2.05, 4.69) is 44.8 Å². The van der Waals surface area contributed by atoms with Gasteiger partial charge in [-0.2, -0.15) is 11.8 Å². The number of nitrogens with one attached hydrogen (secondary N) is 1. The van der Waals surface area contributed by atoms with E-state index in [1.54, 1.807) is 0 Å². The Kier molecular flexibility index (Phi) is 7.87. The third-order valence-corrected chi connectivity index (χ3v) is 3.19. The Balaban J connectivity index is 3.39. The van der Waals surface area contributed by atoms with Crippen molar-refractivity contribution in [1.82, 2.24) is 5.32 Å². The molecule has 80 valence electrons.